The fraction of sp³-hybridized carbons (Fsp3) is 0.789. The molecular weight excluding hydrogens is 276 g/mol. The molecule has 1 N–H and O–H groups in total. The van der Waals surface area contributed by atoms with Gasteiger partial charge in [0.15, 0.2) is 0 Å². The third kappa shape index (κ3) is 3.37. The van der Waals surface area contributed by atoms with E-state index < -0.39 is 0 Å². The molecule has 21 heavy (non-hydrogen) atoms. The van der Waals surface area contributed by atoms with Crippen LogP contribution in [0.2, 0.25) is 0 Å². The van der Waals surface area contributed by atoms with Crippen molar-refractivity contribution in [2.24, 2.45) is 17.8 Å². The standard InChI is InChI=1S/C19H30OS/c1-19(2,3)17-11-10-16(21-17)18(20)15-9-8-13-6-4-5-7-14(13)12-15/h10-11,13-15,18,20H,4-9,12H2,1-3H3. The molecule has 0 aromatic carbocycles. The molecule has 1 nitrogen and oxygen atoms in total. The van der Waals surface area contributed by atoms with E-state index in [0.29, 0.717) is 5.92 Å². The lowest BCUT2D eigenvalue weighted by Gasteiger charge is -2.40. The van der Waals surface area contributed by atoms with Gasteiger partial charge in [-0.05, 0) is 54.6 Å². The fourth-order valence-electron chi connectivity index (χ4n) is 4.34. The summed E-state index contributed by atoms with van der Waals surface area (Å²) in [7, 11) is 0. The van der Waals surface area contributed by atoms with Gasteiger partial charge in [0.25, 0.3) is 0 Å². The van der Waals surface area contributed by atoms with Gasteiger partial charge in [0.05, 0.1) is 6.10 Å². The minimum Gasteiger partial charge on any atom is -0.387 e. The molecule has 4 atom stereocenters. The summed E-state index contributed by atoms with van der Waals surface area (Å²) in [5.41, 5.74) is 0.198. The van der Waals surface area contributed by atoms with Crippen molar-refractivity contribution >= 4 is 11.3 Å². The van der Waals surface area contributed by atoms with Crippen molar-refractivity contribution in [2.45, 2.75) is 77.2 Å². The van der Waals surface area contributed by atoms with Crippen molar-refractivity contribution < 1.29 is 5.11 Å². The summed E-state index contributed by atoms with van der Waals surface area (Å²) in [5.74, 6) is 2.36. The van der Waals surface area contributed by atoms with Crippen molar-refractivity contribution in [1.29, 1.82) is 0 Å². The molecule has 0 aliphatic heterocycles. The average Bonchev–Trinajstić information content (AvgIpc) is 2.96. The van der Waals surface area contributed by atoms with Gasteiger partial charge in [0, 0.05) is 9.75 Å². The third-order valence-corrected chi connectivity index (χ3v) is 7.27. The molecule has 0 amide bonds. The van der Waals surface area contributed by atoms with Crippen LogP contribution in [0.1, 0.15) is 81.6 Å². The van der Waals surface area contributed by atoms with E-state index in [1.807, 2.05) is 11.3 Å². The Kier molecular flexibility index (Phi) is 4.47. The molecule has 1 aromatic rings. The molecule has 3 rings (SSSR count). The number of aliphatic hydroxyl groups is 1. The highest BCUT2D eigenvalue weighted by Crippen LogP contribution is 2.47. The van der Waals surface area contributed by atoms with Crippen LogP contribution in [0.25, 0.3) is 0 Å². The molecular formula is C19H30OS. The van der Waals surface area contributed by atoms with E-state index in [9.17, 15) is 5.11 Å². The first-order chi connectivity index (χ1) is 9.95. The van der Waals surface area contributed by atoms with Crippen LogP contribution in [0.3, 0.4) is 0 Å². The Morgan fingerprint density at radius 2 is 1.76 bits per heavy atom. The predicted octanol–water partition coefficient (Wildman–Crippen LogP) is 5.69. The van der Waals surface area contributed by atoms with Crippen LogP contribution >= 0.6 is 11.3 Å². The number of hydrogen-bond acceptors (Lipinski definition) is 2. The van der Waals surface area contributed by atoms with E-state index in [1.54, 1.807) is 0 Å². The van der Waals surface area contributed by atoms with Crippen LogP contribution in [0.15, 0.2) is 12.1 Å². The maximum absolute atomic E-state index is 10.8. The van der Waals surface area contributed by atoms with Crippen LogP contribution in [0, 0.1) is 17.8 Å². The number of thiophene rings is 1. The topological polar surface area (TPSA) is 20.2 Å². The van der Waals surface area contributed by atoms with Crippen LogP contribution in [0.5, 0.6) is 0 Å². The fourth-order valence-corrected chi connectivity index (χ4v) is 5.49. The zero-order chi connectivity index (χ0) is 15.0. The Balaban J connectivity index is 1.67. The Hall–Kier alpha value is -0.340. The van der Waals surface area contributed by atoms with E-state index >= 15 is 0 Å². The van der Waals surface area contributed by atoms with Crippen LogP contribution in [0.4, 0.5) is 0 Å². The quantitative estimate of drug-likeness (QED) is 0.744. The van der Waals surface area contributed by atoms with Crippen molar-refractivity contribution in [3.05, 3.63) is 21.9 Å². The zero-order valence-corrected chi connectivity index (χ0v) is 14.6. The number of hydrogen-bond donors (Lipinski definition) is 1. The van der Waals surface area contributed by atoms with Crippen molar-refractivity contribution in [3.8, 4) is 0 Å². The van der Waals surface area contributed by atoms with Gasteiger partial charge < -0.3 is 5.11 Å². The van der Waals surface area contributed by atoms with Gasteiger partial charge in [-0.15, -0.1) is 11.3 Å². The van der Waals surface area contributed by atoms with E-state index in [0.717, 1.165) is 11.8 Å². The van der Waals surface area contributed by atoms with Gasteiger partial charge in [0.1, 0.15) is 0 Å². The highest BCUT2D eigenvalue weighted by Gasteiger charge is 2.35. The molecule has 0 spiro atoms. The highest BCUT2D eigenvalue weighted by molar-refractivity contribution is 7.12. The molecule has 4 unspecified atom stereocenters. The van der Waals surface area contributed by atoms with Crippen molar-refractivity contribution in [2.75, 3.05) is 0 Å². The maximum atomic E-state index is 10.8. The van der Waals surface area contributed by atoms with Gasteiger partial charge in [-0.3, -0.25) is 0 Å². The molecule has 118 valence electrons. The second-order valence-electron chi connectivity index (χ2n) is 8.27. The molecule has 2 aliphatic carbocycles. The zero-order valence-electron chi connectivity index (χ0n) is 13.8. The minimum absolute atomic E-state index is 0.198. The average molecular weight is 307 g/mol. The van der Waals surface area contributed by atoms with E-state index in [4.69, 9.17) is 0 Å². The molecule has 2 aliphatic rings. The largest absolute Gasteiger partial charge is 0.387 e. The molecule has 1 aromatic heterocycles. The van der Waals surface area contributed by atoms with Gasteiger partial charge in [0.2, 0.25) is 0 Å². The summed E-state index contributed by atoms with van der Waals surface area (Å²) >= 11 is 1.82. The SMILES string of the molecule is CC(C)(C)c1ccc(C(O)C2CCC3CCCCC3C2)s1. The minimum atomic E-state index is -0.228. The molecule has 2 heteroatoms. The second-order valence-corrected chi connectivity index (χ2v) is 9.39. The predicted molar refractivity (Wildman–Crippen MR) is 90.8 cm³/mol. The van der Waals surface area contributed by atoms with Gasteiger partial charge in [-0.2, -0.15) is 0 Å². The third-order valence-electron chi connectivity index (χ3n) is 5.68. The molecule has 0 bridgehead atoms. The summed E-state index contributed by atoms with van der Waals surface area (Å²) in [4.78, 5) is 2.59. The van der Waals surface area contributed by atoms with Crippen LogP contribution in [-0.2, 0) is 5.41 Å². The number of aliphatic hydroxyl groups excluding tert-OH is 1. The number of fused-ring (bicyclic) bond motifs is 1. The van der Waals surface area contributed by atoms with Crippen molar-refractivity contribution in [3.63, 3.8) is 0 Å². The summed E-state index contributed by atoms with van der Waals surface area (Å²) in [5, 5.41) is 10.8. The summed E-state index contributed by atoms with van der Waals surface area (Å²) in [6.07, 6.45) is 9.32. The summed E-state index contributed by atoms with van der Waals surface area (Å²) < 4.78 is 0. The van der Waals surface area contributed by atoms with E-state index in [2.05, 4.69) is 32.9 Å². The molecule has 2 fully saturated rings. The Bertz CT molecular complexity index is 470. The lowest BCUT2D eigenvalue weighted by Crippen LogP contribution is -2.30. The van der Waals surface area contributed by atoms with Gasteiger partial charge in [-0.1, -0.05) is 46.5 Å². The molecule has 1 heterocycles. The molecule has 2 saturated carbocycles. The molecule has 0 saturated heterocycles. The normalized spacial score (nSPS) is 31.7. The van der Waals surface area contributed by atoms with Crippen molar-refractivity contribution in [1.82, 2.24) is 0 Å². The monoisotopic (exact) mass is 306 g/mol. The second kappa shape index (κ2) is 6.04. The van der Waals surface area contributed by atoms with Gasteiger partial charge in [-0.25, -0.2) is 0 Å². The van der Waals surface area contributed by atoms with E-state index in [1.165, 1.54) is 54.7 Å². The first-order valence-corrected chi connectivity index (χ1v) is 9.55. The number of rotatable bonds is 2. The first-order valence-electron chi connectivity index (χ1n) is 8.73. The highest BCUT2D eigenvalue weighted by atomic mass is 32.1. The van der Waals surface area contributed by atoms with Crippen LogP contribution < -0.4 is 0 Å². The lowest BCUT2D eigenvalue weighted by molar-refractivity contribution is 0.0368. The maximum Gasteiger partial charge on any atom is 0.0910 e. The summed E-state index contributed by atoms with van der Waals surface area (Å²) in [6.45, 7) is 6.76. The first kappa shape index (κ1) is 15.6. The Morgan fingerprint density at radius 1 is 1.05 bits per heavy atom. The smallest absolute Gasteiger partial charge is 0.0910 e. The van der Waals surface area contributed by atoms with Gasteiger partial charge >= 0.3 is 0 Å². The lowest BCUT2D eigenvalue weighted by atomic mass is 9.66. The Labute approximate surface area is 133 Å². The molecule has 0 radical (unpaired) electrons. The summed E-state index contributed by atoms with van der Waals surface area (Å²) in [6, 6.07) is 4.39. The Morgan fingerprint density at radius 3 is 2.43 bits per heavy atom. The van der Waals surface area contributed by atoms with E-state index in [-0.39, 0.29) is 11.5 Å². The van der Waals surface area contributed by atoms with Crippen LogP contribution in [-0.4, -0.2) is 5.11 Å².